The molecule has 1 aromatic rings. The third-order valence-corrected chi connectivity index (χ3v) is 4.07. The number of carbonyl (C=O) groups is 1. The first-order chi connectivity index (χ1) is 9.02. The highest BCUT2D eigenvalue weighted by Crippen LogP contribution is 2.26. The zero-order chi connectivity index (χ0) is 14.0. The van der Waals surface area contributed by atoms with Crippen molar-refractivity contribution in [2.45, 2.75) is 39.7 Å². The lowest BCUT2D eigenvalue weighted by atomic mass is 9.92. The fourth-order valence-corrected chi connectivity index (χ4v) is 2.92. The van der Waals surface area contributed by atoms with Gasteiger partial charge in [0.15, 0.2) is 0 Å². The molecule has 0 aromatic heterocycles. The first kappa shape index (κ1) is 13.9. The van der Waals surface area contributed by atoms with Gasteiger partial charge in [0.1, 0.15) is 0 Å². The minimum atomic E-state index is 0.160. The van der Waals surface area contributed by atoms with Crippen LogP contribution in [0.5, 0.6) is 0 Å². The number of piperidine rings is 1. The number of likely N-dealkylation sites (tertiary alicyclic amines) is 1. The second-order valence-electron chi connectivity index (χ2n) is 5.78. The van der Waals surface area contributed by atoms with Crippen LogP contribution < -0.4 is 5.32 Å². The van der Waals surface area contributed by atoms with Crippen molar-refractivity contribution in [2.75, 3.05) is 18.9 Å². The summed E-state index contributed by atoms with van der Waals surface area (Å²) >= 11 is 0. The molecule has 0 aliphatic carbocycles. The second-order valence-corrected chi connectivity index (χ2v) is 5.78. The maximum Gasteiger partial charge on any atom is 0.256 e. The van der Waals surface area contributed by atoms with Gasteiger partial charge in [-0.25, -0.2) is 0 Å². The number of carbonyl (C=O) groups excluding carboxylic acids is 1. The van der Waals surface area contributed by atoms with Crippen LogP contribution in [0.2, 0.25) is 0 Å². The highest BCUT2D eigenvalue weighted by Gasteiger charge is 2.28. The monoisotopic (exact) mass is 260 g/mol. The number of nitrogens with one attached hydrogen (secondary N) is 1. The molecule has 1 N–H and O–H groups in total. The van der Waals surface area contributed by atoms with Gasteiger partial charge in [0.25, 0.3) is 5.91 Å². The molecule has 1 aliphatic rings. The summed E-state index contributed by atoms with van der Waals surface area (Å²) in [6.07, 6.45) is 2.21. The van der Waals surface area contributed by atoms with Crippen LogP contribution in [0.15, 0.2) is 18.2 Å². The Labute approximate surface area is 116 Å². The molecule has 0 radical (unpaired) electrons. The maximum atomic E-state index is 12.7. The van der Waals surface area contributed by atoms with Crippen LogP contribution in [-0.2, 0) is 0 Å². The van der Waals surface area contributed by atoms with E-state index >= 15 is 0 Å². The topological polar surface area (TPSA) is 32.3 Å². The Morgan fingerprint density at radius 3 is 2.74 bits per heavy atom. The molecule has 1 saturated heterocycles. The van der Waals surface area contributed by atoms with E-state index in [9.17, 15) is 4.79 Å². The number of benzene rings is 1. The lowest BCUT2D eigenvalue weighted by molar-refractivity contribution is 0.0589. The Balaban J connectivity index is 2.26. The van der Waals surface area contributed by atoms with E-state index in [2.05, 4.69) is 19.2 Å². The van der Waals surface area contributed by atoms with Crippen LogP contribution in [0, 0.1) is 12.8 Å². The molecule has 0 saturated carbocycles. The second kappa shape index (κ2) is 5.64. The molecular formula is C16H24N2O. The minimum absolute atomic E-state index is 0.160. The van der Waals surface area contributed by atoms with Gasteiger partial charge in [0.2, 0.25) is 0 Å². The standard InChI is InChI=1S/C16H24N2O/c1-11-5-6-15(17-4)14(10-11)16(19)18-8-7-12(2)9-13(18)3/h5-6,10,12-13,17H,7-9H2,1-4H3. The smallest absolute Gasteiger partial charge is 0.256 e. The molecule has 3 heteroatoms. The molecule has 2 rings (SSSR count). The number of hydrogen-bond acceptors (Lipinski definition) is 2. The number of anilines is 1. The molecule has 3 nitrogen and oxygen atoms in total. The summed E-state index contributed by atoms with van der Waals surface area (Å²) in [6, 6.07) is 6.34. The van der Waals surface area contributed by atoms with Crippen LogP contribution in [0.25, 0.3) is 0 Å². The Morgan fingerprint density at radius 2 is 2.11 bits per heavy atom. The summed E-state index contributed by atoms with van der Waals surface area (Å²) in [7, 11) is 1.86. The molecule has 1 aliphatic heterocycles. The van der Waals surface area contributed by atoms with E-state index in [1.165, 1.54) is 0 Å². The molecule has 1 amide bonds. The van der Waals surface area contributed by atoms with Crippen molar-refractivity contribution >= 4 is 11.6 Å². The normalized spacial score (nSPS) is 23.3. The molecule has 0 bridgehead atoms. The molecule has 1 heterocycles. The van der Waals surface area contributed by atoms with E-state index in [1.54, 1.807) is 0 Å². The van der Waals surface area contributed by atoms with Crippen LogP contribution in [0.3, 0.4) is 0 Å². The molecule has 2 atom stereocenters. The van der Waals surface area contributed by atoms with Gasteiger partial charge in [-0.1, -0.05) is 18.6 Å². The van der Waals surface area contributed by atoms with Crippen molar-refractivity contribution in [1.29, 1.82) is 0 Å². The fourth-order valence-electron chi connectivity index (χ4n) is 2.92. The number of rotatable bonds is 2. The first-order valence-corrected chi connectivity index (χ1v) is 7.12. The maximum absolute atomic E-state index is 12.7. The average Bonchev–Trinajstić information content (AvgIpc) is 2.38. The van der Waals surface area contributed by atoms with Crippen LogP contribution >= 0.6 is 0 Å². The van der Waals surface area contributed by atoms with Gasteiger partial charge in [-0.15, -0.1) is 0 Å². The molecule has 1 fully saturated rings. The Hall–Kier alpha value is -1.51. The summed E-state index contributed by atoms with van der Waals surface area (Å²) in [6.45, 7) is 7.32. The quantitative estimate of drug-likeness (QED) is 0.885. The van der Waals surface area contributed by atoms with E-state index in [-0.39, 0.29) is 5.91 Å². The molecule has 1 aromatic carbocycles. The summed E-state index contributed by atoms with van der Waals surface area (Å²) in [5, 5.41) is 3.12. The molecule has 2 unspecified atom stereocenters. The summed E-state index contributed by atoms with van der Waals surface area (Å²) in [4.78, 5) is 14.8. The van der Waals surface area contributed by atoms with Crippen molar-refractivity contribution in [3.8, 4) is 0 Å². The van der Waals surface area contributed by atoms with Gasteiger partial charge < -0.3 is 10.2 Å². The van der Waals surface area contributed by atoms with Crippen LogP contribution in [0.1, 0.15) is 42.6 Å². The van der Waals surface area contributed by atoms with E-state index in [0.717, 1.165) is 42.1 Å². The number of aryl methyl sites for hydroxylation is 1. The van der Waals surface area contributed by atoms with Crippen molar-refractivity contribution in [2.24, 2.45) is 5.92 Å². The van der Waals surface area contributed by atoms with E-state index in [1.807, 2.05) is 37.1 Å². The predicted molar refractivity (Wildman–Crippen MR) is 79.6 cm³/mol. The molecule has 0 spiro atoms. The average molecular weight is 260 g/mol. The molecular weight excluding hydrogens is 236 g/mol. The largest absolute Gasteiger partial charge is 0.387 e. The van der Waals surface area contributed by atoms with Gasteiger partial charge >= 0.3 is 0 Å². The summed E-state index contributed by atoms with van der Waals surface area (Å²) in [5.41, 5.74) is 2.84. The Kier molecular flexibility index (Phi) is 4.13. The zero-order valence-electron chi connectivity index (χ0n) is 12.4. The van der Waals surface area contributed by atoms with Crippen LogP contribution in [0.4, 0.5) is 5.69 Å². The summed E-state index contributed by atoms with van der Waals surface area (Å²) < 4.78 is 0. The highest BCUT2D eigenvalue weighted by atomic mass is 16.2. The minimum Gasteiger partial charge on any atom is -0.387 e. The number of amides is 1. The summed E-state index contributed by atoms with van der Waals surface area (Å²) in [5.74, 6) is 0.882. The fraction of sp³-hybridized carbons (Fsp3) is 0.562. The van der Waals surface area contributed by atoms with Crippen molar-refractivity contribution in [1.82, 2.24) is 4.90 Å². The van der Waals surface area contributed by atoms with Crippen LogP contribution in [-0.4, -0.2) is 30.4 Å². The lowest BCUT2D eigenvalue weighted by Crippen LogP contribution is -2.44. The lowest BCUT2D eigenvalue weighted by Gasteiger charge is -2.37. The first-order valence-electron chi connectivity index (χ1n) is 7.12. The number of nitrogens with zero attached hydrogens (tertiary/aromatic N) is 1. The highest BCUT2D eigenvalue weighted by molar-refractivity contribution is 6.00. The molecule has 104 valence electrons. The zero-order valence-corrected chi connectivity index (χ0v) is 12.4. The van der Waals surface area contributed by atoms with E-state index < -0.39 is 0 Å². The SMILES string of the molecule is CNc1ccc(C)cc1C(=O)N1CCC(C)CC1C. The van der Waals surface area contributed by atoms with Gasteiger partial charge in [-0.3, -0.25) is 4.79 Å². The van der Waals surface area contributed by atoms with Gasteiger partial charge in [-0.05, 0) is 44.7 Å². The van der Waals surface area contributed by atoms with E-state index in [0.29, 0.717) is 6.04 Å². The third kappa shape index (κ3) is 2.91. The van der Waals surface area contributed by atoms with Crippen molar-refractivity contribution in [3.05, 3.63) is 29.3 Å². The predicted octanol–water partition coefficient (Wildman–Crippen LogP) is 3.30. The van der Waals surface area contributed by atoms with Crippen molar-refractivity contribution in [3.63, 3.8) is 0 Å². The van der Waals surface area contributed by atoms with E-state index in [4.69, 9.17) is 0 Å². The van der Waals surface area contributed by atoms with Gasteiger partial charge in [-0.2, -0.15) is 0 Å². The third-order valence-electron chi connectivity index (χ3n) is 4.07. The molecule has 19 heavy (non-hydrogen) atoms. The van der Waals surface area contributed by atoms with Gasteiger partial charge in [0.05, 0.1) is 5.56 Å². The Bertz CT molecular complexity index is 470. The van der Waals surface area contributed by atoms with Crippen molar-refractivity contribution < 1.29 is 4.79 Å². The van der Waals surface area contributed by atoms with Gasteiger partial charge in [0, 0.05) is 25.3 Å². The number of hydrogen-bond donors (Lipinski definition) is 1. The Morgan fingerprint density at radius 1 is 1.37 bits per heavy atom.